The molecule has 0 saturated carbocycles. The van der Waals surface area contributed by atoms with Crippen LogP contribution < -0.4 is 11.1 Å². The number of nitrogens with two attached hydrogens (primary N) is 1. The Morgan fingerprint density at radius 3 is 2.48 bits per heavy atom. The summed E-state index contributed by atoms with van der Waals surface area (Å²) in [6.45, 7) is 3.96. The Hall–Kier alpha value is -2.20. The summed E-state index contributed by atoms with van der Waals surface area (Å²) in [5, 5.41) is 2.93. The third-order valence-corrected chi connectivity index (χ3v) is 3.84. The maximum atomic E-state index is 13.6. The van der Waals surface area contributed by atoms with E-state index >= 15 is 0 Å². The van der Waals surface area contributed by atoms with Crippen LogP contribution in [-0.2, 0) is 11.2 Å². The van der Waals surface area contributed by atoms with E-state index in [0.717, 1.165) is 5.56 Å². The number of carbonyl (C=O) groups is 1. The molecule has 0 bridgehead atoms. The first kappa shape index (κ1) is 17.2. The Kier molecular flexibility index (Phi) is 5.88. The summed E-state index contributed by atoms with van der Waals surface area (Å²) in [6.07, 6.45) is 0.517. The van der Waals surface area contributed by atoms with Crippen molar-refractivity contribution in [3.8, 4) is 0 Å². The number of carbonyl (C=O) groups excluding carboxylic acids is 1. The largest absolute Gasteiger partial charge is 0.350 e. The average molecular weight is 314 g/mol. The fraction of sp³-hybridized carbons (Fsp3) is 0.316. The van der Waals surface area contributed by atoms with Crippen LogP contribution in [0.15, 0.2) is 48.5 Å². The summed E-state index contributed by atoms with van der Waals surface area (Å²) in [7, 11) is 0. The second-order valence-corrected chi connectivity index (χ2v) is 5.96. The van der Waals surface area contributed by atoms with Crippen molar-refractivity contribution in [2.45, 2.75) is 38.8 Å². The van der Waals surface area contributed by atoms with Gasteiger partial charge in [0.25, 0.3) is 0 Å². The van der Waals surface area contributed by atoms with E-state index in [1.54, 1.807) is 18.2 Å². The standard InChI is InChI=1S/C19H23FN2O/c1-13-7-9-15(10-8-13)14(2)22-19(23)12-17(21)11-16-5-3-4-6-18(16)20/h3-10,14,17H,11-12,21H2,1-2H3,(H,22,23)/t14-,17+/m0/s1. The van der Waals surface area contributed by atoms with Crippen LogP contribution in [0.3, 0.4) is 0 Å². The first-order valence-electron chi connectivity index (χ1n) is 7.80. The van der Waals surface area contributed by atoms with Crippen LogP contribution in [0.4, 0.5) is 4.39 Å². The molecule has 122 valence electrons. The normalized spacial score (nSPS) is 13.4. The monoisotopic (exact) mass is 314 g/mol. The van der Waals surface area contributed by atoms with Gasteiger partial charge in [-0.3, -0.25) is 4.79 Å². The minimum absolute atomic E-state index is 0.0799. The first-order valence-corrected chi connectivity index (χ1v) is 7.80. The van der Waals surface area contributed by atoms with Gasteiger partial charge in [-0.05, 0) is 37.5 Å². The Bertz CT molecular complexity index is 655. The summed E-state index contributed by atoms with van der Waals surface area (Å²) >= 11 is 0. The smallest absolute Gasteiger partial charge is 0.222 e. The number of benzene rings is 2. The fourth-order valence-electron chi connectivity index (χ4n) is 2.50. The van der Waals surface area contributed by atoms with Gasteiger partial charge in [0.15, 0.2) is 0 Å². The molecule has 1 amide bonds. The lowest BCUT2D eigenvalue weighted by atomic mass is 10.0. The number of nitrogens with one attached hydrogen (secondary N) is 1. The summed E-state index contributed by atoms with van der Waals surface area (Å²) in [6, 6.07) is 14.1. The highest BCUT2D eigenvalue weighted by molar-refractivity contribution is 5.77. The van der Waals surface area contributed by atoms with Crippen LogP contribution in [0.5, 0.6) is 0 Å². The Labute approximate surface area is 136 Å². The molecule has 3 nitrogen and oxygen atoms in total. The summed E-state index contributed by atoms with van der Waals surface area (Å²) in [5.41, 5.74) is 8.75. The van der Waals surface area contributed by atoms with Crippen LogP contribution in [0, 0.1) is 12.7 Å². The van der Waals surface area contributed by atoms with Crippen molar-refractivity contribution < 1.29 is 9.18 Å². The zero-order valence-corrected chi connectivity index (χ0v) is 13.6. The molecule has 4 heteroatoms. The molecule has 0 radical (unpaired) electrons. The number of amides is 1. The molecule has 0 fully saturated rings. The van der Waals surface area contributed by atoms with Gasteiger partial charge in [0.2, 0.25) is 5.91 Å². The van der Waals surface area contributed by atoms with Gasteiger partial charge in [-0.1, -0.05) is 48.0 Å². The molecule has 0 spiro atoms. The molecule has 0 aliphatic rings. The van der Waals surface area contributed by atoms with Crippen molar-refractivity contribution in [2.24, 2.45) is 5.73 Å². The van der Waals surface area contributed by atoms with Gasteiger partial charge in [-0.15, -0.1) is 0 Å². The molecule has 0 aliphatic carbocycles. The number of hydrogen-bond acceptors (Lipinski definition) is 2. The highest BCUT2D eigenvalue weighted by Gasteiger charge is 2.15. The van der Waals surface area contributed by atoms with Crippen LogP contribution in [0.1, 0.15) is 36.1 Å². The highest BCUT2D eigenvalue weighted by atomic mass is 19.1. The van der Waals surface area contributed by atoms with Gasteiger partial charge in [0.1, 0.15) is 5.82 Å². The van der Waals surface area contributed by atoms with Gasteiger partial charge in [-0.2, -0.15) is 0 Å². The lowest BCUT2D eigenvalue weighted by Crippen LogP contribution is -2.34. The van der Waals surface area contributed by atoms with E-state index in [1.807, 2.05) is 38.1 Å². The molecule has 2 aromatic carbocycles. The first-order chi connectivity index (χ1) is 11.0. The quantitative estimate of drug-likeness (QED) is 0.860. The van der Waals surface area contributed by atoms with Crippen LogP contribution in [-0.4, -0.2) is 11.9 Å². The third kappa shape index (κ3) is 5.18. The van der Waals surface area contributed by atoms with E-state index in [1.165, 1.54) is 11.6 Å². The Balaban J connectivity index is 1.86. The van der Waals surface area contributed by atoms with E-state index in [0.29, 0.717) is 12.0 Å². The zero-order chi connectivity index (χ0) is 16.8. The molecule has 0 aromatic heterocycles. The number of aryl methyl sites for hydroxylation is 1. The zero-order valence-electron chi connectivity index (χ0n) is 13.6. The van der Waals surface area contributed by atoms with E-state index in [9.17, 15) is 9.18 Å². The minimum atomic E-state index is -0.405. The highest BCUT2D eigenvalue weighted by Crippen LogP contribution is 2.14. The molecule has 0 heterocycles. The minimum Gasteiger partial charge on any atom is -0.350 e. The SMILES string of the molecule is Cc1ccc([C@H](C)NC(=O)C[C@H](N)Cc2ccccc2F)cc1. The molecular formula is C19H23FN2O. The summed E-state index contributed by atoms with van der Waals surface area (Å²) < 4.78 is 13.6. The van der Waals surface area contributed by atoms with Crippen LogP contribution in [0.2, 0.25) is 0 Å². The molecule has 3 N–H and O–H groups in total. The van der Waals surface area contributed by atoms with Crippen LogP contribution >= 0.6 is 0 Å². The topological polar surface area (TPSA) is 55.1 Å². The van der Waals surface area contributed by atoms with Crippen molar-refractivity contribution in [3.05, 3.63) is 71.0 Å². The molecule has 0 saturated heterocycles. The second-order valence-electron chi connectivity index (χ2n) is 5.96. The number of hydrogen-bond donors (Lipinski definition) is 2. The Morgan fingerprint density at radius 1 is 1.17 bits per heavy atom. The maximum Gasteiger partial charge on any atom is 0.222 e. The van der Waals surface area contributed by atoms with Crippen molar-refractivity contribution in [2.75, 3.05) is 0 Å². The van der Waals surface area contributed by atoms with E-state index < -0.39 is 6.04 Å². The maximum absolute atomic E-state index is 13.6. The molecule has 2 aromatic rings. The van der Waals surface area contributed by atoms with Gasteiger partial charge in [-0.25, -0.2) is 4.39 Å². The third-order valence-electron chi connectivity index (χ3n) is 3.84. The van der Waals surface area contributed by atoms with Crippen molar-refractivity contribution in [1.29, 1.82) is 0 Å². The molecule has 0 aliphatic heterocycles. The molecule has 0 unspecified atom stereocenters. The van der Waals surface area contributed by atoms with E-state index in [2.05, 4.69) is 5.32 Å². The molecular weight excluding hydrogens is 291 g/mol. The van der Waals surface area contributed by atoms with Crippen molar-refractivity contribution >= 4 is 5.91 Å². The summed E-state index contributed by atoms with van der Waals surface area (Å²) in [5.74, 6) is -0.404. The predicted molar refractivity (Wildman–Crippen MR) is 90.4 cm³/mol. The fourth-order valence-corrected chi connectivity index (χ4v) is 2.50. The van der Waals surface area contributed by atoms with Crippen molar-refractivity contribution in [1.82, 2.24) is 5.32 Å². The average Bonchev–Trinajstić information content (AvgIpc) is 2.50. The number of halogens is 1. The second kappa shape index (κ2) is 7.88. The summed E-state index contributed by atoms with van der Waals surface area (Å²) in [4.78, 5) is 12.1. The van der Waals surface area contributed by atoms with Crippen LogP contribution in [0.25, 0.3) is 0 Å². The van der Waals surface area contributed by atoms with E-state index in [4.69, 9.17) is 5.73 Å². The molecule has 2 rings (SSSR count). The van der Waals surface area contributed by atoms with Gasteiger partial charge in [0, 0.05) is 12.5 Å². The lowest BCUT2D eigenvalue weighted by molar-refractivity contribution is -0.122. The van der Waals surface area contributed by atoms with Gasteiger partial charge < -0.3 is 11.1 Å². The van der Waals surface area contributed by atoms with Gasteiger partial charge in [0.05, 0.1) is 6.04 Å². The lowest BCUT2D eigenvalue weighted by Gasteiger charge is -2.17. The number of rotatable bonds is 6. The van der Waals surface area contributed by atoms with Crippen molar-refractivity contribution in [3.63, 3.8) is 0 Å². The van der Waals surface area contributed by atoms with E-state index in [-0.39, 0.29) is 24.2 Å². The molecule has 2 atom stereocenters. The van der Waals surface area contributed by atoms with Gasteiger partial charge >= 0.3 is 0 Å². The predicted octanol–water partition coefficient (Wildman–Crippen LogP) is 3.27. The molecule has 23 heavy (non-hydrogen) atoms. The Morgan fingerprint density at radius 2 is 1.83 bits per heavy atom.